The van der Waals surface area contributed by atoms with E-state index in [2.05, 4.69) is 4.90 Å². The molecule has 6 nitrogen and oxygen atoms in total. The first kappa shape index (κ1) is 17.4. The van der Waals surface area contributed by atoms with Crippen LogP contribution in [0.2, 0.25) is 0 Å². The van der Waals surface area contributed by atoms with E-state index in [1.807, 2.05) is 30.3 Å². The Morgan fingerprint density at radius 1 is 0.917 bits per heavy atom. The molecular formula is C17H25N3O3S. The molecular weight excluding hydrogens is 326 g/mol. The van der Waals surface area contributed by atoms with Crippen molar-refractivity contribution in [3.63, 3.8) is 0 Å². The van der Waals surface area contributed by atoms with Gasteiger partial charge in [-0.2, -0.15) is 4.31 Å². The molecule has 0 saturated carbocycles. The Labute approximate surface area is 144 Å². The molecule has 1 aromatic rings. The molecule has 0 spiro atoms. The smallest absolute Gasteiger partial charge is 0.236 e. The van der Waals surface area contributed by atoms with Gasteiger partial charge in [-0.1, -0.05) is 30.3 Å². The van der Waals surface area contributed by atoms with Crippen molar-refractivity contribution in [3.8, 4) is 0 Å². The molecule has 24 heavy (non-hydrogen) atoms. The van der Waals surface area contributed by atoms with E-state index in [0.717, 1.165) is 18.7 Å². The molecule has 2 aliphatic heterocycles. The maximum Gasteiger partial charge on any atom is 0.236 e. The molecule has 0 atom stereocenters. The van der Waals surface area contributed by atoms with Crippen LogP contribution in [0, 0.1) is 0 Å². The molecule has 0 aliphatic carbocycles. The van der Waals surface area contributed by atoms with Crippen molar-refractivity contribution >= 4 is 15.9 Å². The van der Waals surface area contributed by atoms with Gasteiger partial charge in [-0.15, -0.1) is 0 Å². The molecule has 0 radical (unpaired) electrons. The number of nitrogens with zero attached hydrogens (tertiary/aromatic N) is 3. The van der Waals surface area contributed by atoms with Gasteiger partial charge in [-0.25, -0.2) is 8.42 Å². The molecule has 0 bridgehead atoms. The lowest BCUT2D eigenvalue weighted by atomic mass is 10.2. The van der Waals surface area contributed by atoms with Gasteiger partial charge in [0.05, 0.1) is 12.3 Å². The van der Waals surface area contributed by atoms with E-state index in [4.69, 9.17) is 0 Å². The Morgan fingerprint density at radius 2 is 1.54 bits per heavy atom. The standard InChI is InChI=1S/C17H25N3O3S/c21-17(14-18-8-4-5-9-18)19-10-12-20(13-11-19)24(22,23)15-16-6-2-1-3-7-16/h1-3,6-7H,4-5,8-15H2. The highest BCUT2D eigenvalue weighted by Gasteiger charge is 2.29. The molecule has 2 heterocycles. The molecule has 1 amide bonds. The molecule has 2 saturated heterocycles. The fraction of sp³-hybridized carbons (Fsp3) is 0.588. The van der Waals surface area contributed by atoms with Crippen LogP contribution in [0.3, 0.4) is 0 Å². The van der Waals surface area contributed by atoms with E-state index >= 15 is 0 Å². The summed E-state index contributed by atoms with van der Waals surface area (Å²) in [6.07, 6.45) is 2.33. The lowest BCUT2D eigenvalue weighted by Gasteiger charge is -2.34. The van der Waals surface area contributed by atoms with Crippen LogP contribution >= 0.6 is 0 Å². The van der Waals surface area contributed by atoms with E-state index in [1.165, 1.54) is 17.1 Å². The Morgan fingerprint density at radius 3 is 2.17 bits per heavy atom. The first-order valence-electron chi connectivity index (χ1n) is 8.56. The minimum Gasteiger partial charge on any atom is -0.339 e. The molecule has 0 unspecified atom stereocenters. The van der Waals surface area contributed by atoms with E-state index in [-0.39, 0.29) is 11.7 Å². The van der Waals surface area contributed by atoms with Gasteiger partial charge >= 0.3 is 0 Å². The van der Waals surface area contributed by atoms with Crippen LogP contribution in [-0.2, 0) is 20.6 Å². The minimum atomic E-state index is -3.32. The second-order valence-electron chi connectivity index (χ2n) is 6.50. The highest BCUT2D eigenvalue weighted by atomic mass is 32.2. The van der Waals surface area contributed by atoms with Gasteiger partial charge in [-0.05, 0) is 31.5 Å². The first-order chi connectivity index (χ1) is 11.5. The molecule has 132 valence electrons. The Bertz CT molecular complexity index is 649. The summed E-state index contributed by atoms with van der Waals surface area (Å²) < 4.78 is 26.6. The van der Waals surface area contributed by atoms with E-state index in [1.54, 1.807) is 4.90 Å². The number of amides is 1. The summed E-state index contributed by atoms with van der Waals surface area (Å²) in [4.78, 5) is 16.3. The summed E-state index contributed by atoms with van der Waals surface area (Å²) in [5.74, 6) is 0.146. The number of benzene rings is 1. The van der Waals surface area contributed by atoms with Crippen LogP contribution in [-0.4, -0.2) is 74.2 Å². The van der Waals surface area contributed by atoms with Crippen LogP contribution in [0.5, 0.6) is 0 Å². The zero-order chi connectivity index (χ0) is 17.0. The van der Waals surface area contributed by atoms with Crippen molar-refractivity contribution < 1.29 is 13.2 Å². The molecule has 3 rings (SSSR count). The van der Waals surface area contributed by atoms with Crippen LogP contribution in [0.1, 0.15) is 18.4 Å². The third-order valence-electron chi connectivity index (χ3n) is 4.73. The number of sulfonamides is 1. The summed E-state index contributed by atoms with van der Waals surface area (Å²) in [5, 5.41) is 0. The quantitative estimate of drug-likeness (QED) is 0.786. The van der Waals surface area contributed by atoms with E-state index in [0.29, 0.717) is 32.7 Å². The molecule has 7 heteroatoms. The zero-order valence-corrected chi connectivity index (χ0v) is 14.7. The molecule has 0 aromatic heterocycles. The van der Waals surface area contributed by atoms with E-state index < -0.39 is 10.0 Å². The predicted molar refractivity (Wildman–Crippen MR) is 92.9 cm³/mol. The third-order valence-corrected chi connectivity index (χ3v) is 6.58. The maximum atomic E-state index is 12.5. The van der Waals surface area contributed by atoms with Gasteiger partial charge in [0.1, 0.15) is 0 Å². The number of carbonyl (C=O) groups excluding carboxylic acids is 1. The topological polar surface area (TPSA) is 60.9 Å². The average molecular weight is 351 g/mol. The highest BCUT2D eigenvalue weighted by Crippen LogP contribution is 2.14. The van der Waals surface area contributed by atoms with Gasteiger partial charge in [0.25, 0.3) is 0 Å². The first-order valence-corrected chi connectivity index (χ1v) is 10.2. The van der Waals surface area contributed by atoms with Crippen molar-refractivity contribution in [1.29, 1.82) is 0 Å². The number of carbonyl (C=O) groups is 1. The number of likely N-dealkylation sites (tertiary alicyclic amines) is 1. The summed E-state index contributed by atoms with van der Waals surface area (Å²) in [6, 6.07) is 9.22. The molecule has 2 aliphatic rings. The number of hydrogen-bond donors (Lipinski definition) is 0. The fourth-order valence-electron chi connectivity index (χ4n) is 3.32. The van der Waals surface area contributed by atoms with Gasteiger partial charge in [-0.3, -0.25) is 9.69 Å². The lowest BCUT2D eigenvalue weighted by molar-refractivity contribution is -0.133. The minimum absolute atomic E-state index is 0.0234. The van der Waals surface area contributed by atoms with Crippen molar-refractivity contribution in [3.05, 3.63) is 35.9 Å². The van der Waals surface area contributed by atoms with Crippen molar-refractivity contribution in [2.45, 2.75) is 18.6 Å². The third kappa shape index (κ3) is 4.34. The number of piperazine rings is 1. The zero-order valence-electron chi connectivity index (χ0n) is 13.9. The largest absolute Gasteiger partial charge is 0.339 e. The van der Waals surface area contributed by atoms with Gasteiger partial charge in [0, 0.05) is 26.2 Å². The maximum absolute atomic E-state index is 12.5. The van der Waals surface area contributed by atoms with Crippen LogP contribution in [0.25, 0.3) is 0 Å². The Hall–Kier alpha value is -1.44. The predicted octanol–water partition coefficient (Wildman–Crippen LogP) is 0.756. The second kappa shape index (κ2) is 7.63. The summed E-state index contributed by atoms with van der Waals surface area (Å²) in [6.45, 7) is 4.22. The summed E-state index contributed by atoms with van der Waals surface area (Å²) >= 11 is 0. The number of hydrogen-bond acceptors (Lipinski definition) is 4. The average Bonchev–Trinajstić information content (AvgIpc) is 3.08. The molecule has 2 fully saturated rings. The summed E-state index contributed by atoms with van der Waals surface area (Å²) in [7, 11) is -3.32. The van der Waals surface area contributed by atoms with Gasteiger partial charge < -0.3 is 4.90 Å². The van der Waals surface area contributed by atoms with Crippen LogP contribution in [0.15, 0.2) is 30.3 Å². The van der Waals surface area contributed by atoms with Crippen molar-refractivity contribution in [2.24, 2.45) is 0 Å². The lowest BCUT2D eigenvalue weighted by Crippen LogP contribution is -2.52. The molecule has 0 N–H and O–H groups in total. The van der Waals surface area contributed by atoms with Crippen molar-refractivity contribution in [2.75, 3.05) is 45.8 Å². The van der Waals surface area contributed by atoms with Crippen molar-refractivity contribution in [1.82, 2.24) is 14.1 Å². The molecule has 1 aromatic carbocycles. The highest BCUT2D eigenvalue weighted by molar-refractivity contribution is 7.88. The van der Waals surface area contributed by atoms with Crippen LogP contribution in [0.4, 0.5) is 0 Å². The fourth-order valence-corrected chi connectivity index (χ4v) is 4.84. The van der Waals surface area contributed by atoms with Gasteiger partial charge in [0.15, 0.2) is 0 Å². The normalized spacial score (nSPS) is 20.4. The van der Waals surface area contributed by atoms with Crippen LogP contribution < -0.4 is 0 Å². The van der Waals surface area contributed by atoms with Gasteiger partial charge in [0.2, 0.25) is 15.9 Å². The van der Waals surface area contributed by atoms with E-state index in [9.17, 15) is 13.2 Å². The Kier molecular flexibility index (Phi) is 5.53. The Balaban J connectivity index is 1.51. The monoisotopic (exact) mass is 351 g/mol. The second-order valence-corrected chi connectivity index (χ2v) is 8.47. The summed E-state index contributed by atoms with van der Waals surface area (Å²) in [5.41, 5.74) is 0.796. The SMILES string of the molecule is O=C(CN1CCCC1)N1CCN(S(=O)(=O)Cc2ccccc2)CC1. The number of rotatable bonds is 5.